The summed E-state index contributed by atoms with van der Waals surface area (Å²) in [6.07, 6.45) is 0. The monoisotopic (exact) mass is 362 g/mol. The number of carbonyl (C=O) groups is 1. The van der Waals surface area contributed by atoms with Gasteiger partial charge < -0.3 is 5.32 Å². The van der Waals surface area contributed by atoms with Crippen LogP contribution in [-0.2, 0) is 0 Å². The predicted octanol–water partition coefficient (Wildman–Crippen LogP) is 5.32. The molecule has 3 aromatic carbocycles. The maximum Gasteiger partial charge on any atom is 0.326 e. The van der Waals surface area contributed by atoms with Crippen molar-refractivity contribution in [1.82, 2.24) is 9.55 Å². The Bertz CT molecular complexity index is 1060. The Balaban J connectivity index is 1.67. The zero-order valence-electron chi connectivity index (χ0n) is 13.7. The summed E-state index contributed by atoms with van der Waals surface area (Å²) in [5.74, 6) is 0.448. The van der Waals surface area contributed by atoms with Gasteiger partial charge >= 0.3 is 6.03 Å². The molecule has 0 aliphatic carbocycles. The third kappa shape index (κ3) is 3.25. The third-order valence-corrected chi connectivity index (χ3v) is 4.15. The minimum atomic E-state index is -0.375. The van der Waals surface area contributed by atoms with Gasteiger partial charge in [-0.1, -0.05) is 41.9 Å². The lowest BCUT2D eigenvalue weighted by molar-refractivity contribution is 0.262. The van der Waals surface area contributed by atoms with Crippen LogP contribution in [-0.4, -0.2) is 15.6 Å². The average molecular weight is 363 g/mol. The molecule has 5 nitrogen and oxygen atoms in total. The molecular formula is C20H15ClN4O. The predicted molar refractivity (Wildman–Crippen MR) is 105 cm³/mol. The second-order valence-electron chi connectivity index (χ2n) is 5.68. The standard InChI is InChI=1S/C20H15ClN4O/c21-14-10-12-15(13-11-14)22-20(26)24-19-23-17-8-4-5-9-18(17)25(19)16-6-2-1-3-7-16/h1-13H,(H2,22,23,24,26). The van der Waals surface area contributed by atoms with E-state index in [9.17, 15) is 4.79 Å². The quantitative estimate of drug-likeness (QED) is 0.518. The minimum absolute atomic E-state index is 0.375. The number of benzene rings is 3. The summed E-state index contributed by atoms with van der Waals surface area (Å²) in [6.45, 7) is 0. The molecule has 0 saturated heterocycles. The van der Waals surface area contributed by atoms with Crippen LogP contribution in [0.3, 0.4) is 0 Å². The molecule has 128 valence electrons. The van der Waals surface area contributed by atoms with Crippen molar-refractivity contribution in [2.75, 3.05) is 10.6 Å². The molecule has 0 radical (unpaired) electrons. The van der Waals surface area contributed by atoms with Gasteiger partial charge in [0.25, 0.3) is 0 Å². The number of hydrogen-bond acceptors (Lipinski definition) is 2. The normalized spacial score (nSPS) is 10.7. The van der Waals surface area contributed by atoms with Gasteiger partial charge in [0.15, 0.2) is 0 Å². The molecular weight excluding hydrogens is 348 g/mol. The highest BCUT2D eigenvalue weighted by Gasteiger charge is 2.14. The van der Waals surface area contributed by atoms with Gasteiger partial charge in [-0.05, 0) is 48.5 Å². The summed E-state index contributed by atoms with van der Waals surface area (Å²) < 4.78 is 1.91. The largest absolute Gasteiger partial charge is 0.326 e. The van der Waals surface area contributed by atoms with Gasteiger partial charge in [0.1, 0.15) is 0 Å². The first-order chi connectivity index (χ1) is 12.7. The molecule has 1 aromatic heterocycles. The van der Waals surface area contributed by atoms with Crippen molar-refractivity contribution in [3.8, 4) is 5.69 Å². The van der Waals surface area contributed by atoms with Crippen molar-refractivity contribution in [3.05, 3.63) is 83.9 Å². The molecule has 4 rings (SSSR count). The van der Waals surface area contributed by atoms with Crippen molar-refractivity contribution >= 4 is 40.3 Å². The van der Waals surface area contributed by atoms with Crippen molar-refractivity contribution < 1.29 is 4.79 Å². The van der Waals surface area contributed by atoms with Gasteiger partial charge in [-0.15, -0.1) is 0 Å². The van der Waals surface area contributed by atoms with Crippen LogP contribution in [0.15, 0.2) is 78.9 Å². The molecule has 4 aromatic rings. The zero-order chi connectivity index (χ0) is 17.9. The number of amides is 2. The molecule has 0 bridgehead atoms. The Labute approximate surface area is 155 Å². The summed E-state index contributed by atoms with van der Waals surface area (Å²) in [7, 11) is 0. The lowest BCUT2D eigenvalue weighted by atomic mass is 10.3. The van der Waals surface area contributed by atoms with E-state index < -0.39 is 0 Å². The number of anilines is 2. The highest BCUT2D eigenvalue weighted by molar-refractivity contribution is 6.30. The van der Waals surface area contributed by atoms with Crippen LogP contribution < -0.4 is 10.6 Å². The number of fused-ring (bicyclic) bond motifs is 1. The van der Waals surface area contributed by atoms with Crippen LogP contribution in [0.2, 0.25) is 5.02 Å². The summed E-state index contributed by atoms with van der Waals surface area (Å²) in [5.41, 5.74) is 3.29. The number of nitrogens with one attached hydrogen (secondary N) is 2. The van der Waals surface area contributed by atoms with Crippen LogP contribution in [0.4, 0.5) is 16.4 Å². The number of rotatable bonds is 3. The van der Waals surface area contributed by atoms with E-state index >= 15 is 0 Å². The van der Waals surface area contributed by atoms with Gasteiger partial charge in [0.2, 0.25) is 5.95 Å². The first-order valence-electron chi connectivity index (χ1n) is 8.07. The number of imidazole rings is 1. The molecule has 6 heteroatoms. The molecule has 26 heavy (non-hydrogen) atoms. The summed E-state index contributed by atoms with van der Waals surface area (Å²) in [6, 6.07) is 24.1. The average Bonchev–Trinajstić information content (AvgIpc) is 3.02. The zero-order valence-corrected chi connectivity index (χ0v) is 14.4. The maximum absolute atomic E-state index is 12.4. The van der Waals surface area contributed by atoms with E-state index in [1.54, 1.807) is 24.3 Å². The van der Waals surface area contributed by atoms with E-state index in [2.05, 4.69) is 15.6 Å². The highest BCUT2D eigenvalue weighted by Crippen LogP contribution is 2.24. The van der Waals surface area contributed by atoms with Gasteiger partial charge in [0, 0.05) is 16.4 Å². The number of para-hydroxylation sites is 3. The fourth-order valence-electron chi connectivity index (χ4n) is 2.75. The SMILES string of the molecule is O=C(Nc1ccc(Cl)cc1)Nc1nc2ccccc2n1-c1ccccc1. The molecule has 0 aliphatic rings. The Kier molecular flexibility index (Phi) is 4.29. The maximum atomic E-state index is 12.4. The summed E-state index contributed by atoms with van der Waals surface area (Å²) >= 11 is 5.87. The molecule has 1 heterocycles. The molecule has 0 aliphatic heterocycles. The molecule has 2 amide bonds. The van der Waals surface area contributed by atoms with Crippen molar-refractivity contribution in [2.24, 2.45) is 0 Å². The lowest BCUT2D eigenvalue weighted by Gasteiger charge is -2.11. The molecule has 0 fully saturated rings. The van der Waals surface area contributed by atoms with Crippen LogP contribution in [0.5, 0.6) is 0 Å². The number of aromatic nitrogens is 2. The van der Waals surface area contributed by atoms with Crippen LogP contribution >= 0.6 is 11.6 Å². The number of hydrogen-bond donors (Lipinski definition) is 2. The Hall–Kier alpha value is -3.31. The molecule has 0 atom stereocenters. The number of urea groups is 1. The van der Waals surface area contributed by atoms with Gasteiger partial charge in [0.05, 0.1) is 11.0 Å². The molecule has 0 saturated carbocycles. The van der Waals surface area contributed by atoms with Gasteiger partial charge in [-0.2, -0.15) is 0 Å². The van der Waals surface area contributed by atoms with Crippen LogP contribution in [0.25, 0.3) is 16.7 Å². The van der Waals surface area contributed by atoms with Gasteiger partial charge in [-0.3, -0.25) is 9.88 Å². The van der Waals surface area contributed by atoms with E-state index in [1.807, 2.05) is 59.2 Å². The topological polar surface area (TPSA) is 59.0 Å². The second-order valence-corrected chi connectivity index (χ2v) is 6.12. The number of halogens is 1. The molecule has 0 spiro atoms. The van der Waals surface area contributed by atoms with Gasteiger partial charge in [-0.25, -0.2) is 9.78 Å². The fraction of sp³-hybridized carbons (Fsp3) is 0. The highest BCUT2D eigenvalue weighted by atomic mass is 35.5. The van der Waals surface area contributed by atoms with E-state index in [1.165, 1.54) is 0 Å². The lowest BCUT2D eigenvalue weighted by Crippen LogP contribution is -2.21. The molecule has 0 unspecified atom stereocenters. The van der Waals surface area contributed by atoms with Crippen LogP contribution in [0.1, 0.15) is 0 Å². The fourth-order valence-corrected chi connectivity index (χ4v) is 2.87. The Morgan fingerprint density at radius 3 is 2.31 bits per heavy atom. The third-order valence-electron chi connectivity index (χ3n) is 3.90. The van der Waals surface area contributed by atoms with Crippen molar-refractivity contribution in [1.29, 1.82) is 0 Å². The van der Waals surface area contributed by atoms with E-state index in [4.69, 9.17) is 11.6 Å². The van der Waals surface area contributed by atoms with Crippen LogP contribution in [0, 0.1) is 0 Å². The number of carbonyl (C=O) groups excluding carboxylic acids is 1. The first kappa shape index (κ1) is 16.2. The minimum Gasteiger partial charge on any atom is -0.308 e. The Morgan fingerprint density at radius 1 is 0.846 bits per heavy atom. The van der Waals surface area contributed by atoms with E-state index in [0.717, 1.165) is 16.7 Å². The van der Waals surface area contributed by atoms with Crippen molar-refractivity contribution in [3.63, 3.8) is 0 Å². The number of nitrogens with zero attached hydrogens (tertiary/aromatic N) is 2. The Morgan fingerprint density at radius 2 is 1.54 bits per heavy atom. The van der Waals surface area contributed by atoms with E-state index in [0.29, 0.717) is 16.7 Å². The smallest absolute Gasteiger partial charge is 0.308 e. The summed E-state index contributed by atoms with van der Waals surface area (Å²) in [5, 5.41) is 6.22. The second kappa shape index (κ2) is 6.90. The van der Waals surface area contributed by atoms with Crippen molar-refractivity contribution in [2.45, 2.75) is 0 Å². The van der Waals surface area contributed by atoms with E-state index in [-0.39, 0.29) is 6.03 Å². The molecule has 2 N–H and O–H groups in total. The summed E-state index contributed by atoms with van der Waals surface area (Å²) in [4.78, 5) is 17.0. The first-order valence-corrected chi connectivity index (χ1v) is 8.45.